The van der Waals surface area contributed by atoms with Crippen molar-refractivity contribution in [1.82, 2.24) is 15.0 Å². The van der Waals surface area contributed by atoms with Gasteiger partial charge in [0, 0.05) is 17.8 Å². The number of carbonyl (C=O) groups excluding carboxylic acids is 1. The summed E-state index contributed by atoms with van der Waals surface area (Å²) in [5, 5.41) is 7.18. The number of hydrogen-bond donors (Lipinski definition) is 1. The molecule has 4 rings (SSSR count). The van der Waals surface area contributed by atoms with Crippen LogP contribution in [0.5, 0.6) is 0 Å². The Morgan fingerprint density at radius 1 is 1.17 bits per heavy atom. The SMILES string of the molecule is Cc1ccc(-c2nc(CN3CCC[C@H](C(=O)Nc4cccc(C)c4)C3)no2)cc1. The summed E-state index contributed by atoms with van der Waals surface area (Å²) < 4.78 is 5.43. The van der Waals surface area contributed by atoms with Gasteiger partial charge in [0.05, 0.1) is 12.5 Å². The van der Waals surface area contributed by atoms with Crippen LogP contribution < -0.4 is 5.32 Å². The number of rotatable bonds is 5. The molecular weight excluding hydrogens is 364 g/mol. The quantitative estimate of drug-likeness (QED) is 0.707. The van der Waals surface area contributed by atoms with Gasteiger partial charge in [-0.25, -0.2) is 0 Å². The number of carbonyl (C=O) groups is 1. The largest absolute Gasteiger partial charge is 0.334 e. The lowest BCUT2D eigenvalue weighted by Crippen LogP contribution is -2.40. The van der Waals surface area contributed by atoms with E-state index < -0.39 is 0 Å². The lowest BCUT2D eigenvalue weighted by molar-refractivity contribution is -0.121. The number of likely N-dealkylation sites (tertiary alicyclic amines) is 1. The lowest BCUT2D eigenvalue weighted by Gasteiger charge is -2.31. The number of hydrogen-bond acceptors (Lipinski definition) is 5. The summed E-state index contributed by atoms with van der Waals surface area (Å²) in [5.74, 6) is 1.23. The smallest absolute Gasteiger partial charge is 0.257 e. The van der Waals surface area contributed by atoms with E-state index in [0.717, 1.165) is 36.2 Å². The Morgan fingerprint density at radius 2 is 2.00 bits per heavy atom. The number of amides is 1. The molecule has 0 unspecified atom stereocenters. The molecule has 1 saturated heterocycles. The molecule has 0 bridgehead atoms. The van der Waals surface area contributed by atoms with Gasteiger partial charge in [0.15, 0.2) is 5.82 Å². The van der Waals surface area contributed by atoms with Crippen molar-refractivity contribution in [2.24, 2.45) is 5.92 Å². The Bertz CT molecular complexity index is 981. The van der Waals surface area contributed by atoms with Crippen molar-refractivity contribution in [2.45, 2.75) is 33.2 Å². The Kier molecular flexibility index (Phi) is 5.71. The van der Waals surface area contributed by atoms with Crippen LogP contribution in [0.1, 0.15) is 29.8 Å². The Balaban J connectivity index is 1.36. The van der Waals surface area contributed by atoms with Gasteiger partial charge in [-0.15, -0.1) is 0 Å². The first-order valence-electron chi connectivity index (χ1n) is 10.1. The molecule has 150 valence electrons. The number of nitrogens with zero attached hydrogens (tertiary/aromatic N) is 3. The van der Waals surface area contributed by atoms with Crippen LogP contribution in [0.25, 0.3) is 11.5 Å². The van der Waals surface area contributed by atoms with Crippen molar-refractivity contribution in [3.63, 3.8) is 0 Å². The lowest BCUT2D eigenvalue weighted by atomic mass is 9.97. The van der Waals surface area contributed by atoms with E-state index in [1.807, 2.05) is 62.4 Å². The molecule has 2 heterocycles. The van der Waals surface area contributed by atoms with Crippen molar-refractivity contribution in [3.8, 4) is 11.5 Å². The summed E-state index contributed by atoms with van der Waals surface area (Å²) >= 11 is 0. The van der Waals surface area contributed by atoms with E-state index in [-0.39, 0.29) is 11.8 Å². The minimum atomic E-state index is -0.0345. The molecule has 1 N–H and O–H groups in total. The van der Waals surface area contributed by atoms with Crippen molar-refractivity contribution in [2.75, 3.05) is 18.4 Å². The fourth-order valence-electron chi connectivity index (χ4n) is 3.71. The molecule has 1 amide bonds. The highest BCUT2D eigenvalue weighted by Crippen LogP contribution is 2.22. The minimum absolute atomic E-state index is 0.0345. The second-order valence-electron chi connectivity index (χ2n) is 7.81. The highest BCUT2D eigenvalue weighted by atomic mass is 16.5. The van der Waals surface area contributed by atoms with Crippen LogP contribution in [0.2, 0.25) is 0 Å². The van der Waals surface area contributed by atoms with Gasteiger partial charge >= 0.3 is 0 Å². The van der Waals surface area contributed by atoms with E-state index in [9.17, 15) is 4.79 Å². The van der Waals surface area contributed by atoms with Gasteiger partial charge in [-0.2, -0.15) is 4.98 Å². The topological polar surface area (TPSA) is 71.3 Å². The number of nitrogens with one attached hydrogen (secondary N) is 1. The predicted octanol–water partition coefficient (Wildman–Crippen LogP) is 4.20. The van der Waals surface area contributed by atoms with Crippen LogP contribution >= 0.6 is 0 Å². The highest BCUT2D eigenvalue weighted by Gasteiger charge is 2.27. The Morgan fingerprint density at radius 3 is 2.79 bits per heavy atom. The number of aromatic nitrogens is 2. The van der Waals surface area contributed by atoms with Crippen LogP contribution in [0.3, 0.4) is 0 Å². The molecule has 1 aliphatic heterocycles. The summed E-state index contributed by atoms with van der Waals surface area (Å²) in [6, 6.07) is 15.9. The summed E-state index contributed by atoms with van der Waals surface area (Å²) in [7, 11) is 0. The molecule has 3 aromatic rings. The van der Waals surface area contributed by atoms with Crippen molar-refractivity contribution in [1.29, 1.82) is 0 Å². The third-order valence-electron chi connectivity index (χ3n) is 5.29. The maximum absolute atomic E-state index is 12.7. The molecule has 1 aromatic heterocycles. The Hall–Kier alpha value is -2.99. The normalized spacial score (nSPS) is 17.2. The molecule has 2 aromatic carbocycles. The number of piperidine rings is 1. The Labute approximate surface area is 170 Å². The molecule has 0 spiro atoms. The highest BCUT2D eigenvalue weighted by molar-refractivity contribution is 5.92. The van der Waals surface area contributed by atoms with Crippen molar-refractivity contribution < 1.29 is 9.32 Å². The second-order valence-corrected chi connectivity index (χ2v) is 7.81. The molecule has 1 fully saturated rings. The van der Waals surface area contributed by atoms with Gasteiger partial charge in [-0.05, 0) is 63.1 Å². The molecule has 29 heavy (non-hydrogen) atoms. The number of aryl methyl sites for hydroxylation is 2. The van der Waals surface area contributed by atoms with Gasteiger partial charge in [0.2, 0.25) is 5.91 Å². The summed E-state index contributed by atoms with van der Waals surface area (Å²) in [4.78, 5) is 19.5. The van der Waals surface area contributed by atoms with E-state index in [2.05, 4.69) is 20.4 Å². The summed E-state index contributed by atoms with van der Waals surface area (Å²) in [6.45, 7) is 6.29. The molecular formula is C23H26N4O2. The van der Waals surface area contributed by atoms with Gasteiger partial charge in [0.25, 0.3) is 5.89 Å². The van der Waals surface area contributed by atoms with Crippen LogP contribution in [0.15, 0.2) is 53.1 Å². The van der Waals surface area contributed by atoms with Gasteiger partial charge < -0.3 is 9.84 Å². The first-order valence-corrected chi connectivity index (χ1v) is 10.1. The van der Waals surface area contributed by atoms with Gasteiger partial charge in [-0.3, -0.25) is 9.69 Å². The standard InChI is InChI=1S/C23H26N4O2/c1-16-8-10-18(11-9-16)23-25-21(26-29-23)15-27-12-4-6-19(14-27)22(28)24-20-7-3-5-17(2)13-20/h3,5,7-11,13,19H,4,6,12,14-15H2,1-2H3,(H,24,28)/t19-/m0/s1. The maximum atomic E-state index is 12.7. The fraction of sp³-hybridized carbons (Fsp3) is 0.348. The van der Waals surface area contributed by atoms with E-state index in [4.69, 9.17) is 4.52 Å². The number of anilines is 1. The zero-order valence-corrected chi connectivity index (χ0v) is 16.9. The number of benzene rings is 2. The summed E-state index contributed by atoms with van der Waals surface area (Å²) in [6.07, 6.45) is 1.88. The second kappa shape index (κ2) is 8.57. The molecule has 6 heteroatoms. The fourth-order valence-corrected chi connectivity index (χ4v) is 3.71. The van der Waals surface area contributed by atoms with Crippen molar-refractivity contribution >= 4 is 11.6 Å². The first kappa shape index (κ1) is 19.3. The van der Waals surface area contributed by atoms with Gasteiger partial charge in [0.1, 0.15) is 0 Å². The average molecular weight is 390 g/mol. The third-order valence-corrected chi connectivity index (χ3v) is 5.29. The molecule has 1 aliphatic rings. The monoisotopic (exact) mass is 390 g/mol. The van der Waals surface area contributed by atoms with E-state index >= 15 is 0 Å². The third kappa shape index (κ3) is 4.90. The van der Waals surface area contributed by atoms with Crippen LogP contribution in [0.4, 0.5) is 5.69 Å². The van der Waals surface area contributed by atoms with Gasteiger partial charge in [-0.1, -0.05) is 35.0 Å². The van der Waals surface area contributed by atoms with Crippen LogP contribution in [-0.4, -0.2) is 34.0 Å². The average Bonchev–Trinajstić information content (AvgIpc) is 3.17. The van der Waals surface area contributed by atoms with E-state index in [0.29, 0.717) is 24.8 Å². The summed E-state index contributed by atoms with van der Waals surface area (Å²) in [5.41, 5.74) is 4.10. The first-order chi connectivity index (χ1) is 14.1. The van der Waals surface area contributed by atoms with Crippen LogP contribution in [0, 0.1) is 19.8 Å². The van der Waals surface area contributed by atoms with Crippen molar-refractivity contribution in [3.05, 3.63) is 65.5 Å². The molecule has 1 atom stereocenters. The zero-order chi connectivity index (χ0) is 20.2. The molecule has 6 nitrogen and oxygen atoms in total. The predicted molar refractivity (Wildman–Crippen MR) is 112 cm³/mol. The maximum Gasteiger partial charge on any atom is 0.257 e. The van der Waals surface area contributed by atoms with E-state index in [1.165, 1.54) is 5.56 Å². The molecule has 0 radical (unpaired) electrons. The molecule has 0 saturated carbocycles. The minimum Gasteiger partial charge on any atom is -0.334 e. The van der Waals surface area contributed by atoms with Crippen LogP contribution in [-0.2, 0) is 11.3 Å². The zero-order valence-electron chi connectivity index (χ0n) is 16.9. The molecule has 0 aliphatic carbocycles. The van der Waals surface area contributed by atoms with E-state index in [1.54, 1.807) is 0 Å².